The fourth-order valence-electron chi connectivity index (χ4n) is 3.18. The molecule has 7 nitrogen and oxygen atoms in total. The minimum atomic E-state index is -0.0972. The van der Waals surface area contributed by atoms with Crippen LogP contribution < -0.4 is 16.0 Å². The number of hydrogen-bond acceptors (Lipinski definition) is 3. The third kappa shape index (κ3) is 6.07. The van der Waals surface area contributed by atoms with Crippen LogP contribution in [0.5, 0.6) is 0 Å². The van der Waals surface area contributed by atoms with Gasteiger partial charge in [-0.25, -0.2) is 4.98 Å². The molecule has 3 aromatic rings. The molecule has 0 unspecified atom stereocenters. The smallest absolute Gasteiger partial charge is 0.227 e. The Kier molecular flexibility index (Phi) is 7.43. The van der Waals surface area contributed by atoms with E-state index in [0.29, 0.717) is 18.8 Å². The van der Waals surface area contributed by atoms with Crippen LogP contribution in [0, 0.1) is 13.8 Å². The Labute approximate surface area is 177 Å². The van der Waals surface area contributed by atoms with Crippen LogP contribution in [0.3, 0.4) is 0 Å². The lowest BCUT2D eigenvalue weighted by Gasteiger charge is -2.11. The quantitative estimate of drug-likeness (QED) is 0.341. The number of carbonyl (C=O) groups excluding carboxylic acids is 1. The SMILES string of the molecule is CCNC(=NCCC(=O)Nc1ccc(C)cn1)NCCc1c[nH]c2cc(C)ccc12. The van der Waals surface area contributed by atoms with Crippen molar-refractivity contribution in [2.45, 2.75) is 33.6 Å². The van der Waals surface area contributed by atoms with Gasteiger partial charge in [-0.15, -0.1) is 0 Å². The Hall–Kier alpha value is -3.35. The van der Waals surface area contributed by atoms with Crippen molar-refractivity contribution in [1.29, 1.82) is 0 Å². The highest BCUT2D eigenvalue weighted by molar-refractivity contribution is 5.90. The second-order valence-electron chi connectivity index (χ2n) is 7.32. The summed E-state index contributed by atoms with van der Waals surface area (Å²) < 4.78 is 0. The predicted molar refractivity (Wildman–Crippen MR) is 123 cm³/mol. The first kappa shape index (κ1) is 21.4. The van der Waals surface area contributed by atoms with Crippen LogP contribution >= 0.6 is 0 Å². The molecule has 0 saturated carbocycles. The Morgan fingerprint density at radius 2 is 1.97 bits per heavy atom. The summed E-state index contributed by atoms with van der Waals surface area (Å²) in [4.78, 5) is 24.1. The fourth-order valence-corrected chi connectivity index (χ4v) is 3.18. The van der Waals surface area contributed by atoms with E-state index in [4.69, 9.17) is 0 Å². The van der Waals surface area contributed by atoms with Crippen LogP contribution in [0.1, 0.15) is 30.0 Å². The number of aromatic nitrogens is 2. The van der Waals surface area contributed by atoms with Gasteiger partial charge in [0.2, 0.25) is 5.91 Å². The highest BCUT2D eigenvalue weighted by atomic mass is 16.1. The van der Waals surface area contributed by atoms with Gasteiger partial charge in [-0.2, -0.15) is 0 Å². The molecule has 0 radical (unpaired) electrons. The summed E-state index contributed by atoms with van der Waals surface area (Å²) in [6, 6.07) is 10.2. The van der Waals surface area contributed by atoms with Crippen LogP contribution in [0.4, 0.5) is 5.82 Å². The van der Waals surface area contributed by atoms with E-state index in [1.165, 1.54) is 22.0 Å². The minimum Gasteiger partial charge on any atom is -0.361 e. The molecule has 2 heterocycles. The van der Waals surface area contributed by atoms with E-state index in [1.54, 1.807) is 12.3 Å². The van der Waals surface area contributed by atoms with E-state index in [2.05, 4.69) is 62.2 Å². The number of nitrogens with one attached hydrogen (secondary N) is 4. The number of nitrogens with zero attached hydrogens (tertiary/aromatic N) is 2. The first-order chi connectivity index (χ1) is 14.5. The van der Waals surface area contributed by atoms with Crippen molar-refractivity contribution in [1.82, 2.24) is 20.6 Å². The number of fused-ring (bicyclic) bond motifs is 1. The van der Waals surface area contributed by atoms with Gasteiger partial charge in [0.1, 0.15) is 5.82 Å². The molecule has 2 aromatic heterocycles. The molecule has 4 N–H and O–H groups in total. The summed E-state index contributed by atoms with van der Waals surface area (Å²) in [7, 11) is 0. The van der Waals surface area contributed by atoms with E-state index in [0.717, 1.165) is 31.0 Å². The molecule has 0 bridgehead atoms. The average molecular weight is 407 g/mol. The average Bonchev–Trinajstić information content (AvgIpc) is 3.11. The van der Waals surface area contributed by atoms with Crippen LogP contribution in [-0.4, -0.2) is 41.5 Å². The molecule has 0 atom stereocenters. The van der Waals surface area contributed by atoms with Gasteiger partial charge >= 0.3 is 0 Å². The zero-order chi connectivity index (χ0) is 21.3. The molecule has 158 valence electrons. The zero-order valence-electron chi connectivity index (χ0n) is 17.9. The maximum Gasteiger partial charge on any atom is 0.227 e. The fraction of sp³-hybridized carbons (Fsp3) is 0.348. The van der Waals surface area contributed by atoms with Gasteiger partial charge < -0.3 is 20.9 Å². The molecule has 30 heavy (non-hydrogen) atoms. The standard InChI is InChI=1S/C23H30N6O/c1-4-24-23(26-12-10-22(30)29-21-8-6-17(3)14-28-21)25-11-9-18-15-27-20-13-16(2)5-7-19(18)20/h5-8,13-15,27H,4,9-12H2,1-3H3,(H2,24,25,26)(H,28,29,30). The maximum atomic E-state index is 12.1. The Bertz CT molecular complexity index is 1010. The van der Waals surface area contributed by atoms with E-state index < -0.39 is 0 Å². The topological polar surface area (TPSA) is 94.2 Å². The molecular formula is C23H30N6O. The maximum absolute atomic E-state index is 12.1. The van der Waals surface area contributed by atoms with Crippen molar-refractivity contribution in [3.05, 3.63) is 59.4 Å². The van der Waals surface area contributed by atoms with Crippen LogP contribution in [0.25, 0.3) is 10.9 Å². The number of aliphatic imine (C=N–C) groups is 1. The predicted octanol–water partition coefficient (Wildman–Crippen LogP) is 3.31. The van der Waals surface area contributed by atoms with Crippen molar-refractivity contribution >= 4 is 28.6 Å². The van der Waals surface area contributed by atoms with Crippen molar-refractivity contribution in [2.75, 3.05) is 25.0 Å². The number of benzene rings is 1. The second kappa shape index (κ2) is 10.4. The summed E-state index contributed by atoms with van der Waals surface area (Å²) in [6.07, 6.45) is 4.98. The van der Waals surface area contributed by atoms with Crippen molar-refractivity contribution in [3.63, 3.8) is 0 Å². The summed E-state index contributed by atoms with van der Waals surface area (Å²) >= 11 is 0. The summed E-state index contributed by atoms with van der Waals surface area (Å²) in [5.41, 5.74) is 4.75. The van der Waals surface area contributed by atoms with Crippen molar-refractivity contribution in [3.8, 4) is 0 Å². The van der Waals surface area contributed by atoms with Crippen LogP contribution in [0.2, 0.25) is 0 Å². The number of aromatic amines is 1. The Morgan fingerprint density at radius 1 is 1.13 bits per heavy atom. The molecule has 0 aliphatic carbocycles. The lowest BCUT2D eigenvalue weighted by molar-refractivity contribution is -0.116. The van der Waals surface area contributed by atoms with Crippen LogP contribution in [-0.2, 0) is 11.2 Å². The lowest BCUT2D eigenvalue weighted by atomic mass is 10.1. The molecule has 0 spiro atoms. The Morgan fingerprint density at radius 3 is 2.73 bits per heavy atom. The molecule has 1 amide bonds. The number of H-pyrrole nitrogens is 1. The zero-order valence-corrected chi connectivity index (χ0v) is 17.9. The van der Waals surface area contributed by atoms with Gasteiger partial charge in [0.05, 0.1) is 6.54 Å². The third-order valence-corrected chi connectivity index (χ3v) is 4.74. The molecule has 0 aliphatic rings. The van der Waals surface area contributed by atoms with Crippen molar-refractivity contribution < 1.29 is 4.79 Å². The summed E-state index contributed by atoms with van der Waals surface area (Å²) in [5.74, 6) is 1.18. The number of amides is 1. The highest BCUT2D eigenvalue weighted by Gasteiger charge is 2.06. The molecular weight excluding hydrogens is 376 g/mol. The number of carbonyl (C=O) groups is 1. The first-order valence-corrected chi connectivity index (χ1v) is 10.4. The largest absolute Gasteiger partial charge is 0.361 e. The van der Waals surface area contributed by atoms with Gasteiger partial charge in [-0.3, -0.25) is 9.79 Å². The molecule has 3 rings (SSSR count). The number of guanidine groups is 1. The summed E-state index contributed by atoms with van der Waals surface area (Å²) in [6.45, 7) is 8.00. The van der Waals surface area contributed by atoms with E-state index in [-0.39, 0.29) is 5.91 Å². The molecule has 0 aliphatic heterocycles. The third-order valence-electron chi connectivity index (χ3n) is 4.74. The van der Waals surface area contributed by atoms with Gasteiger partial charge in [0.25, 0.3) is 0 Å². The van der Waals surface area contributed by atoms with Gasteiger partial charge in [-0.05, 0) is 56.0 Å². The van der Waals surface area contributed by atoms with Crippen molar-refractivity contribution in [2.24, 2.45) is 4.99 Å². The molecule has 1 aromatic carbocycles. The number of anilines is 1. The van der Waals surface area contributed by atoms with Gasteiger partial charge in [-0.1, -0.05) is 18.2 Å². The number of hydrogen-bond donors (Lipinski definition) is 4. The van der Waals surface area contributed by atoms with Gasteiger partial charge in [0.15, 0.2) is 5.96 Å². The van der Waals surface area contributed by atoms with Gasteiger partial charge in [0, 0.05) is 42.8 Å². The first-order valence-electron chi connectivity index (χ1n) is 10.4. The Balaban J connectivity index is 1.47. The lowest BCUT2D eigenvalue weighted by Crippen LogP contribution is -2.38. The van der Waals surface area contributed by atoms with E-state index in [1.807, 2.05) is 19.9 Å². The van der Waals surface area contributed by atoms with E-state index >= 15 is 0 Å². The number of rotatable bonds is 8. The second-order valence-corrected chi connectivity index (χ2v) is 7.32. The number of aryl methyl sites for hydroxylation is 2. The highest BCUT2D eigenvalue weighted by Crippen LogP contribution is 2.19. The summed E-state index contributed by atoms with van der Waals surface area (Å²) in [5, 5.41) is 10.6. The molecule has 0 saturated heterocycles. The minimum absolute atomic E-state index is 0.0972. The molecule has 7 heteroatoms. The normalized spacial score (nSPS) is 11.5. The number of pyridine rings is 1. The monoisotopic (exact) mass is 406 g/mol. The van der Waals surface area contributed by atoms with Crippen LogP contribution in [0.15, 0.2) is 47.7 Å². The molecule has 0 fully saturated rings. The van der Waals surface area contributed by atoms with E-state index in [9.17, 15) is 4.79 Å².